The quantitative estimate of drug-likeness (QED) is 0.0449. The minimum absolute atomic E-state index is 0.245. The van der Waals surface area contributed by atoms with E-state index >= 15 is 0 Å². The minimum Gasteiger partial charge on any atom is -0.481 e. The Labute approximate surface area is 283 Å². The van der Waals surface area contributed by atoms with Crippen LogP contribution in [0.4, 0.5) is 0 Å². The molecule has 0 radical (unpaired) electrons. The lowest BCUT2D eigenvalue weighted by atomic mass is 9.90. The van der Waals surface area contributed by atoms with Crippen LogP contribution in [0.1, 0.15) is 162 Å². The fraction of sp³-hybridized carbons (Fsp3) is 0.917. The van der Waals surface area contributed by atoms with Crippen LogP contribution in [0.15, 0.2) is 0 Å². The summed E-state index contributed by atoms with van der Waals surface area (Å²) in [5.74, 6) is -2.65. The Hall–Kier alpha value is -1.79. The summed E-state index contributed by atoms with van der Waals surface area (Å²) in [7, 11) is 0. The van der Waals surface area contributed by atoms with E-state index in [0.29, 0.717) is 12.8 Å². The fourth-order valence-corrected chi connectivity index (χ4v) is 6.28. The monoisotopic (exact) mass is 673 g/mol. The van der Waals surface area contributed by atoms with Gasteiger partial charge in [-0.25, -0.2) is 0 Å². The molecule has 1 fully saturated rings. The number of nitrogens with one attached hydrogen (secondary N) is 1. The summed E-state index contributed by atoms with van der Waals surface area (Å²) in [4.78, 5) is 37.4. The second-order valence-electron chi connectivity index (χ2n) is 13.5. The summed E-state index contributed by atoms with van der Waals surface area (Å²) in [6.45, 7) is 3.72. The van der Waals surface area contributed by atoms with Crippen molar-refractivity contribution in [2.24, 2.45) is 0 Å². The van der Waals surface area contributed by atoms with Crippen LogP contribution in [-0.2, 0) is 23.9 Å². The number of hydrogen-bond acceptors (Lipinski definition) is 9. The van der Waals surface area contributed by atoms with Crippen LogP contribution in [0.25, 0.3) is 0 Å². The molecule has 0 aliphatic carbocycles. The highest BCUT2D eigenvalue weighted by molar-refractivity contribution is 5.77. The Morgan fingerprint density at radius 2 is 1.15 bits per heavy atom. The van der Waals surface area contributed by atoms with E-state index in [-0.39, 0.29) is 12.8 Å². The second-order valence-corrected chi connectivity index (χ2v) is 13.5. The SMILES string of the molecule is CCCCCCCCCCC[C@@H](O)CC(=O)N[C@@H]1[C@@H](OC(=O)C[C@H](O)CCCCCCCCCCC)[C@H](O)[C@@H](CO)O[C@@H]1CC(=O)O. The number of amides is 1. The summed E-state index contributed by atoms with van der Waals surface area (Å²) >= 11 is 0. The van der Waals surface area contributed by atoms with Gasteiger partial charge < -0.3 is 40.3 Å². The molecule has 0 aromatic carbocycles. The Morgan fingerprint density at radius 3 is 1.60 bits per heavy atom. The first-order valence-electron chi connectivity index (χ1n) is 18.6. The zero-order chi connectivity index (χ0) is 34.9. The van der Waals surface area contributed by atoms with Crippen LogP contribution in [-0.4, -0.2) is 92.7 Å². The molecule has 0 aromatic rings. The molecule has 0 saturated carbocycles. The van der Waals surface area contributed by atoms with E-state index in [1.807, 2.05) is 0 Å². The van der Waals surface area contributed by atoms with Crippen LogP contribution in [0.2, 0.25) is 0 Å². The van der Waals surface area contributed by atoms with Gasteiger partial charge in [0, 0.05) is 0 Å². The summed E-state index contributed by atoms with van der Waals surface area (Å²) < 4.78 is 11.2. The second kappa shape index (κ2) is 27.1. The molecule has 0 aromatic heterocycles. The van der Waals surface area contributed by atoms with Crippen LogP contribution < -0.4 is 5.32 Å². The first-order valence-corrected chi connectivity index (χ1v) is 18.6. The Bertz CT molecular complexity index is 828. The predicted octanol–water partition coefficient (Wildman–Crippen LogP) is 5.32. The van der Waals surface area contributed by atoms with Crippen LogP contribution in [0.3, 0.4) is 0 Å². The van der Waals surface area contributed by atoms with Crippen molar-refractivity contribution in [3.05, 3.63) is 0 Å². The molecule has 1 saturated heterocycles. The van der Waals surface area contributed by atoms with Crippen molar-refractivity contribution in [2.45, 2.75) is 204 Å². The molecule has 1 amide bonds. The van der Waals surface area contributed by atoms with Crippen molar-refractivity contribution >= 4 is 17.8 Å². The van der Waals surface area contributed by atoms with Gasteiger partial charge in [0.15, 0.2) is 6.10 Å². The van der Waals surface area contributed by atoms with Gasteiger partial charge in [-0.3, -0.25) is 14.4 Å². The van der Waals surface area contributed by atoms with Crippen molar-refractivity contribution in [3.63, 3.8) is 0 Å². The minimum atomic E-state index is -1.55. The van der Waals surface area contributed by atoms with Crippen LogP contribution >= 0.6 is 0 Å². The van der Waals surface area contributed by atoms with Gasteiger partial charge in [-0.1, -0.05) is 129 Å². The van der Waals surface area contributed by atoms with Gasteiger partial charge in [0.2, 0.25) is 5.91 Å². The summed E-state index contributed by atoms with van der Waals surface area (Å²) in [6, 6.07) is -1.24. The molecule has 7 atom stereocenters. The van der Waals surface area contributed by atoms with Crippen LogP contribution in [0, 0.1) is 0 Å². The van der Waals surface area contributed by atoms with E-state index in [2.05, 4.69) is 19.2 Å². The van der Waals surface area contributed by atoms with Crippen molar-refractivity contribution in [3.8, 4) is 0 Å². The average Bonchev–Trinajstić information content (AvgIpc) is 3.02. The highest BCUT2D eigenvalue weighted by Crippen LogP contribution is 2.27. The van der Waals surface area contributed by atoms with Gasteiger partial charge in [-0.15, -0.1) is 0 Å². The van der Waals surface area contributed by atoms with Crippen molar-refractivity contribution < 1.29 is 49.4 Å². The molecule has 11 heteroatoms. The molecule has 1 rings (SSSR count). The van der Waals surface area contributed by atoms with E-state index in [9.17, 15) is 39.9 Å². The smallest absolute Gasteiger partial charge is 0.308 e. The highest BCUT2D eigenvalue weighted by atomic mass is 16.6. The largest absolute Gasteiger partial charge is 0.481 e. The molecular formula is C36H67NO10. The predicted molar refractivity (Wildman–Crippen MR) is 181 cm³/mol. The number of carboxylic acids is 1. The number of esters is 1. The average molecular weight is 674 g/mol. The van der Waals surface area contributed by atoms with Gasteiger partial charge in [0.25, 0.3) is 0 Å². The third-order valence-electron chi connectivity index (χ3n) is 9.08. The van der Waals surface area contributed by atoms with E-state index < -0.39 is 73.5 Å². The third kappa shape index (κ3) is 20.4. The zero-order valence-electron chi connectivity index (χ0n) is 29.3. The zero-order valence-corrected chi connectivity index (χ0v) is 29.3. The van der Waals surface area contributed by atoms with Crippen molar-refractivity contribution in [1.29, 1.82) is 0 Å². The lowest BCUT2D eigenvalue weighted by Crippen LogP contribution is -2.65. The topological polar surface area (TPSA) is 183 Å². The number of carboxylic acid groups (broad SMARTS) is 1. The molecule has 0 bridgehead atoms. The Kier molecular flexibility index (Phi) is 24.9. The van der Waals surface area contributed by atoms with Gasteiger partial charge in [0.05, 0.1) is 50.2 Å². The molecule has 11 nitrogen and oxygen atoms in total. The number of carbonyl (C=O) groups excluding carboxylic acids is 2. The Balaban J connectivity index is 2.64. The van der Waals surface area contributed by atoms with E-state index in [0.717, 1.165) is 51.4 Å². The first-order chi connectivity index (χ1) is 22.6. The van der Waals surface area contributed by atoms with Gasteiger partial charge in [-0.2, -0.15) is 0 Å². The maximum Gasteiger partial charge on any atom is 0.308 e. The number of unbranched alkanes of at least 4 members (excludes halogenated alkanes) is 16. The highest BCUT2D eigenvalue weighted by Gasteiger charge is 2.48. The standard InChI is InChI=1S/C36H67NO10/c1-3-5-7-9-11-13-15-17-19-21-27(39)23-31(41)37-34-29(25-32(42)43)46-30(26-38)35(45)36(34)47-33(44)24-28(40)22-20-18-16-14-12-10-8-6-4-2/h27-30,34-36,38-40,45H,3-26H2,1-2H3,(H,37,41)(H,42,43)/t27-,28-,29-,30-,34+,35-,36-/m1/s1. The maximum atomic E-state index is 13.0. The Morgan fingerprint density at radius 1 is 0.702 bits per heavy atom. The fourth-order valence-electron chi connectivity index (χ4n) is 6.28. The van der Waals surface area contributed by atoms with Gasteiger partial charge in [-0.05, 0) is 12.8 Å². The molecule has 47 heavy (non-hydrogen) atoms. The first kappa shape index (κ1) is 43.2. The molecule has 0 spiro atoms. The van der Waals surface area contributed by atoms with Crippen molar-refractivity contribution in [1.82, 2.24) is 5.32 Å². The normalized spacial score (nSPS) is 22.5. The lowest BCUT2D eigenvalue weighted by Gasteiger charge is -2.44. The van der Waals surface area contributed by atoms with Crippen molar-refractivity contribution in [2.75, 3.05) is 6.61 Å². The van der Waals surface area contributed by atoms with E-state index in [1.165, 1.54) is 64.2 Å². The molecule has 1 aliphatic heterocycles. The number of hydrogen-bond donors (Lipinski definition) is 6. The van der Waals surface area contributed by atoms with Gasteiger partial charge >= 0.3 is 11.9 Å². The molecule has 0 unspecified atom stereocenters. The molecule has 276 valence electrons. The number of aliphatic carboxylic acids is 1. The number of aliphatic hydroxyl groups excluding tert-OH is 4. The maximum absolute atomic E-state index is 13.0. The number of rotatable bonds is 29. The third-order valence-corrected chi connectivity index (χ3v) is 9.08. The summed E-state index contributed by atoms with van der Waals surface area (Å²) in [5, 5.41) is 53.7. The molecule has 6 N–H and O–H groups in total. The summed E-state index contributed by atoms with van der Waals surface area (Å²) in [5.41, 5.74) is 0. The number of carbonyl (C=O) groups is 3. The molecule has 1 aliphatic rings. The lowest BCUT2D eigenvalue weighted by molar-refractivity contribution is -0.213. The number of aliphatic hydroxyl groups is 4. The van der Waals surface area contributed by atoms with E-state index in [1.54, 1.807) is 0 Å². The van der Waals surface area contributed by atoms with Gasteiger partial charge in [0.1, 0.15) is 12.2 Å². The van der Waals surface area contributed by atoms with Crippen LogP contribution in [0.5, 0.6) is 0 Å². The molecular weight excluding hydrogens is 606 g/mol. The summed E-state index contributed by atoms with van der Waals surface area (Å²) in [6.07, 6.45) is 12.7. The number of ether oxygens (including phenoxy) is 2. The van der Waals surface area contributed by atoms with E-state index in [4.69, 9.17) is 9.47 Å². The molecule has 1 heterocycles.